The molecule has 0 saturated carbocycles. The van der Waals surface area contributed by atoms with Crippen molar-refractivity contribution >= 4 is 18.0 Å². The molecule has 0 aliphatic carbocycles. The number of carbonyl (C=O) groups excluding carboxylic acids is 1. The van der Waals surface area contributed by atoms with Gasteiger partial charge in [-0.05, 0) is 38.5 Å². The minimum absolute atomic E-state index is 0.377. The molecule has 0 aliphatic heterocycles. The number of hydrogen-bond acceptors (Lipinski definition) is 3. The predicted octanol–water partition coefficient (Wildman–Crippen LogP) is 2.36. The molecule has 1 heterocycles. The summed E-state index contributed by atoms with van der Waals surface area (Å²) in [7, 11) is 0. The van der Waals surface area contributed by atoms with Crippen LogP contribution >= 0.6 is 0 Å². The molecule has 1 amide bonds. The third kappa shape index (κ3) is 4.28. The number of carboxylic acids is 1. The Bertz CT molecular complexity index is 489. The average molecular weight is 265 g/mol. The Hall–Kier alpha value is -2.04. The fraction of sp³-hybridized carbons (Fsp3) is 0.429. The van der Waals surface area contributed by atoms with Crippen molar-refractivity contribution < 1.29 is 19.1 Å². The molecule has 0 bridgehead atoms. The zero-order chi connectivity index (χ0) is 14.5. The Kier molecular flexibility index (Phi) is 4.92. The van der Waals surface area contributed by atoms with Gasteiger partial charge in [0.05, 0.1) is 0 Å². The van der Waals surface area contributed by atoms with E-state index in [9.17, 15) is 9.59 Å². The fourth-order valence-corrected chi connectivity index (χ4v) is 1.74. The molecule has 5 nitrogen and oxygen atoms in total. The first-order valence-electron chi connectivity index (χ1n) is 6.17. The van der Waals surface area contributed by atoms with Crippen LogP contribution in [-0.4, -0.2) is 22.5 Å². The number of furan rings is 1. The first-order valence-corrected chi connectivity index (χ1v) is 6.17. The molecule has 19 heavy (non-hydrogen) atoms. The maximum Gasteiger partial charge on any atom is 0.329 e. The summed E-state index contributed by atoms with van der Waals surface area (Å²) in [6, 6.07) is 3.53. The van der Waals surface area contributed by atoms with Gasteiger partial charge in [0.2, 0.25) is 5.91 Å². The normalized spacial score (nSPS) is 14.3. The van der Waals surface area contributed by atoms with E-state index < -0.39 is 17.4 Å². The van der Waals surface area contributed by atoms with E-state index in [1.165, 1.54) is 19.1 Å². The highest BCUT2D eigenvalue weighted by atomic mass is 16.4. The highest BCUT2D eigenvalue weighted by molar-refractivity contribution is 5.95. The van der Waals surface area contributed by atoms with Gasteiger partial charge in [0.15, 0.2) is 0 Å². The van der Waals surface area contributed by atoms with Crippen molar-refractivity contribution in [3.05, 3.63) is 29.7 Å². The molecule has 0 fully saturated rings. The van der Waals surface area contributed by atoms with Gasteiger partial charge >= 0.3 is 5.97 Å². The van der Waals surface area contributed by atoms with E-state index in [1.54, 1.807) is 19.1 Å². The summed E-state index contributed by atoms with van der Waals surface area (Å²) in [5.41, 5.74) is -1.24. The molecule has 0 radical (unpaired) electrons. The monoisotopic (exact) mass is 265 g/mol. The molecule has 104 valence electrons. The standard InChI is InChI=1S/C14H19NO4/c1-4-9-14(3,13(17)18)15-12(16)8-7-11-6-5-10(2)19-11/h5-8H,4,9H2,1-3H3,(H,15,16)(H,17,18). The predicted molar refractivity (Wildman–Crippen MR) is 71.6 cm³/mol. The average Bonchev–Trinajstić information content (AvgIpc) is 2.72. The van der Waals surface area contributed by atoms with Gasteiger partial charge in [0, 0.05) is 6.08 Å². The molecule has 5 heteroatoms. The zero-order valence-electron chi connectivity index (χ0n) is 11.4. The van der Waals surface area contributed by atoms with E-state index in [-0.39, 0.29) is 0 Å². The first kappa shape index (κ1) is 15.0. The second-order valence-corrected chi connectivity index (χ2v) is 4.66. The van der Waals surface area contributed by atoms with Crippen LogP contribution in [0.2, 0.25) is 0 Å². The molecular formula is C14H19NO4. The third-order valence-electron chi connectivity index (χ3n) is 2.78. The number of rotatable bonds is 6. The van der Waals surface area contributed by atoms with Crippen LogP contribution in [0.4, 0.5) is 0 Å². The smallest absolute Gasteiger partial charge is 0.329 e. The fourth-order valence-electron chi connectivity index (χ4n) is 1.74. The topological polar surface area (TPSA) is 79.5 Å². The van der Waals surface area contributed by atoms with E-state index in [1.807, 2.05) is 6.92 Å². The summed E-state index contributed by atoms with van der Waals surface area (Å²) in [5.74, 6) is -0.182. The molecule has 2 N–H and O–H groups in total. The second kappa shape index (κ2) is 6.22. The molecular weight excluding hydrogens is 246 g/mol. The van der Waals surface area contributed by atoms with Gasteiger partial charge in [-0.2, -0.15) is 0 Å². The Morgan fingerprint density at radius 2 is 2.16 bits per heavy atom. The summed E-state index contributed by atoms with van der Waals surface area (Å²) in [6.07, 6.45) is 3.83. The first-order chi connectivity index (χ1) is 8.87. The number of aliphatic carboxylic acids is 1. The van der Waals surface area contributed by atoms with Crippen LogP contribution in [0.5, 0.6) is 0 Å². The molecule has 1 rings (SSSR count). The summed E-state index contributed by atoms with van der Waals surface area (Å²) in [4.78, 5) is 22.9. The minimum Gasteiger partial charge on any atom is -0.480 e. The van der Waals surface area contributed by atoms with Crippen molar-refractivity contribution in [3.63, 3.8) is 0 Å². The van der Waals surface area contributed by atoms with Gasteiger partial charge in [0.1, 0.15) is 17.1 Å². The molecule has 0 saturated heterocycles. The van der Waals surface area contributed by atoms with E-state index in [0.717, 1.165) is 5.76 Å². The summed E-state index contributed by atoms with van der Waals surface area (Å²) in [5, 5.41) is 11.6. The molecule has 0 aromatic carbocycles. The van der Waals surface area contributed by atoms with E-state index >= 15 is 0 Å². The number of carbonyl (C=O) groups is 2. The van der Waals surface area contributed by atoms with E-state index in [4.69, 9.17) is 9.52 Å². The van der Waals surface area contributed by atoms with Crippen molar-refractivity contribution in [2.45, 2.75) is 39.2 Å². The van der Waals surface area contributed by atoms with Crippen LogP contribution in [0, 0.1) is 6.92 Å². The van der Waals surface area contributed by atoms with Crippen molar-refractivity contribution in [1.29, 1.82) is 0 Å². The van der Waals surface area contributed by atoms with Gasteiger partial charge in [-0.25, -0.2) is 4.79 Å². The quantitative estimate of drug-likeness (QED) is 0.774. The Morgan fingerprint density at radius 3 is 2.63 bits per heavy atom. The van der Waals surface area contributed by atoms with Gasteiger partial charge < -0.3 is 14.8 Å². The molecule has 1 unspecified atom stereocenters. The maximum absolute atomic E-state index is 11.7. The zero-order valence-corrected chi connectivity index (χ0v) is 11.4. The summed E-state index contributed by atoms with van der Waals surface area (Å²) < 4.78 is 5.28. The summed E-state index contributed by atoms with van der Waals surface area (Å²) in [6.45, 7) is 5.18. The Labute approximate surface area is 112 Å². The minimum atomic E-state index is -1.24. The van der Waals surface area contributed by atoms with Gasteiger partial charge in [-0.3, -0.25) is 4.79 Å². The Morgan fingerprint density at radius 1 is 1.47 bits per heavy atom. The van der Waals surface area contributed by atoms with Crippen molar-refractivity contribution in [2.24, 2.45) is 0 Å². The van der Waals surface area contributed by atoms with Gasteiger partial charge in [-0.1, -0.05) is 13.3 Å². The van der Waals surface area contributed by atoms with Gasteiger partial charge in [-0.15, -0.1) is 0 Å². The van der Waals surface area contributed by atoms with Crippen LogP contribution in [0.3, 0.4) is 0 Å². The highest BCUT2D eigenvalue weighted by Gasteiger charge is 2.33. The van der Waals surface area contributed by atoms with Crippen LogP contribution in [-0.2, 0) is 9.59 Å². The second-order valence-electron chi connectivity index (χ2n) is 4.66. The van der Waals surface area contributed by atoms with E-state index in [2.05, 4.69) is 5.32 Å². The van der Waals surface area contributed by atoms with Crippen molar-refractivity contribution in [1.82, 2.24) is 5.32 Å². The molecule has 1 aromatic heterocycles. The van der Waals surface area contributed by atoms with Crippen molar-refractivity contribution in [2.75, 3.05) is 0 Å². The largest absolute Gasteiger partial charge is 0.480 e. The lowest BCUT2D eigenvalue weighted by Crippen LogP contribution is -2.51. The number of amides is 1. The highest BCUT2D eigenvalue weighted by Crippen LogP contribution is 2.13. The number of nitrogens with one attached hydrogen (secondary N) is 1. The summed E-state index contributed by atoms with van der Waals surface area (Å²) >= 11 is 0. The lowest BCUT2D eigenvalue weighted by atomic mass is 9.96. The molecule has 0 aliphatic rings. The van der Waals surface area contributed by atoms with Crippen LogP contribution in [0.1, 0.15) is 38.2 Å². The number of carboxylic acid groups (broad SMARTS) is 1. The van der Waals surface area contributed by atoms with Crippen LogP contribution in [0.25, 0.3) is 6.08 Å². The molecule has 1 atom stereocenters. The SMILES string of the molecule is CCCC(C)(NC(=O)C=Cc1ccc(C)o1)C(=O)O. The molecule has 0 spiro atoms. The van der Waals surface area contributed by atoms with Crippen LogP contribution in [0.15, 0.2) is 22.6 Å². The number of hydrogen-bond donors (Lipinski definition) is 2. The molecule has 1 aromatic rings. The van der Waals surface area contributed by atoms with E-state index in [0.29, 0.717) is 18.6 Å². The lowest BCUT2D eigenvalue weighted by Gasteiger charge is -2.24. The van der Waals surface area contributed by atoms with Crippen molar-refractivity contribution in [3.8, 4) is 0 Å². The van der Waals surface area contributed by atoms with Crippen LogP contribution < -0.4 is 5.32 Å². The Balaban J connectivity index is 2.68. The third-order valence-corrected chi connectivity index (χ3v) is 2.78. The lowest BCUT2D eigenvalue weighted by molar-refractivity contribution is -0.146. The number of aryl methyl sites for hydroxylation is 1. The maximum atomic E-state index is 11.7. The van der Waals surface area contributed by atoms with Gasteiger partial charge in [0.25, 0.3) is 0 Å².